The van der Waals surface area contributed by atoms with Crippen LogP contribution in [0.15, 0.2) is 0 Å². The topological polar surface area (TPSA) is 59.0 Å². The Morgan fingerprint density at radius 1 is 1.08 bits per heavy atom. The van der Waals surface area contributed by atoms with Crippen LogP contribution >= 0.6 is 31.8 Å². The van der Waals surface area contributed by atoms with E-state index in [1.54, 1.807) is 0 Å². The van der Waals surface area contributed by atoms with Crippen molar-refractivity contribution in [3.8, 4) is 0 Å². The monoisotopic (exact) mass is 397 g/mol. The molecule has 1 aliphatic rings. The third kappa shape index (κ3) is 11.1. The molecule has 1 unspecified atom stereocenters. The second kappa shape index (κ2) is 13.5. The number of piperidine rings is 1. The number of rotatable bonds is 12. The normalized spacial score (nSPS) is 17.7. The lowest BCUT2D eigenvalue weighted by Gasteiger charge is -2.28. The lowest BCUT2D eigenvalue weighted by atomic mass is 10.1. The van der Waals surface area contributed by atoms with Crippen molar-refractivity contribution in [2.45, 2.75) is 64.7 Å². The largest absolute Gasteiger partial charge is 0.472 e. The highest BCUT2D eigenvalue weighted by Gasteiger charge is 2.20. The Morgan fingerprint density at radius 3 is 2.42 bits per heavy atom. The molecule has 8 heteroatoms. The fourth-order valence-electron chi connectivity index (χ4n) is 2.55. The summed E-state index contributed by atoms with van der Waals surface area (Å²) >= 11 is 6.89. The number of likely N-dealkylation sites (tertiary alicyclic amines) is 1. The van der Waals surface area contributed by atoms with E-state index in [-0.39, 0.29) is 13.2 Å². The van der Waals surface area contributed by atoms with Crippen molar-refractivity contribution in [3.63, 3.8) is 0 Å². The van der Waals surface area contributed by atoms with E-state index in [1.807, 2.05) is 0 Å². The quantitative estimate of drug-likeness (QED) is 0.283. The smallest absolute Gasteiger partial charge is 0.358 e. The third-order valence-corrected chi connectivity index (χ3v) is 6.44. The van der Waals surface area contributed by atoms with Gasteiger partial charge in [0.2, 0.25) is 0 Å². The fraction of sp³-hybridized carbons (Fsp3) is 0.938. The highest BCUT2D eigenvalue weighted by Crippen LogP contribution is 2.43. The first-order valence-corrected chi connectivity index (χ1v) is 12.0. The van der Waals surface area contributed by atoms with Gasteiger partial charge >= 0.3 is 7.82 Å². The first kappa shape index (κ1) is 22.4. The van der Waals surface area contributed by atoms with Crippen molar-refractivity contribution in [3.05, 3.63) is 0 Å². The summed E-state index contributed by atoms with van der Waals surface area (Å²) in [5.74, 6) is 0.570. The van der Waals surface area contributed by atoms with Gasteiger partial charge in [0.25, 0.3) is 0 Å². The van der Waals surface area contributed by atoms with Crippen molar-refractivity contribution in [1.82, 2.24) is 4.90 Å². The molecule has 1 fully saturated rings. The molecular formula is C16H32NO4PS2. The molecule has 142 valence electrons. The Bertz CT molecular complexity index is 392. The van der Waals surface area contributed by atoms with E-state index in [0.29, 0.717) is 5.75 Å². The van der Waals surface area contributed by atoms with Crippen molar-refractivity contribution in [1.29, 1.82) is 0 Å². The van der Waals surface area contributed by atoms with E-state index in [1.165, 1.54) is 50.3 Å². The van der Waals surface area contributed by atoms with Crippen LogP contribution < -0.4 is 0 Å². The van der Waals surface area contributed by atoms with Crippen LogP contribution in [0.1, 0.15) is 64.7 Å². The van der Waals surface area contributed by atoms with Gasteiger partial charge in [0.15, 0.2) is 0 Å². The minimum absolute atomic E-state index is 0.170. The number of phosphoric ester groups is 1. The Hall–Kier alpha value is 0.350. The summed E-state index contributed by atoms with van der Waals surface area (Å²) in [4.78, 5) is 11.8. The first-order chi connectivity index (χ1) is 11.5. The highest BCUT2D eigenvalue weighted by molar-refractivity contribution is 8.22. The number of nitrogens with zero attached hydrogens (tertiary/aromatic N) is 1. The molecule has 1 saturated heterocycles. The molecule has 24 heavy (non-hydrogen) atoms. The van der Waals surface area contributed by atoms with Gasteiger partial charge in [-0.05, 0) is 25.7 Å². The molecule has 1 atom stereocenters. The van der Waals surface area contributed by atoms with Crippen LogP contribution in [0.5, 0.6) is 0 Å². The van der Waals surface area contributed by atoms with Gasteiger partial charge in [-0.15, -0.1) is 0 Å². The van der Waals surface area contributed by atoms with Crippen LogP contribution in [0.25, 0.3) is 0 Å². The summed E-state index contributed by atoms with van der Waals surface area (Å²) in [6.45, 7) is 4.67. The van der Waals surface area contributed by atoms with Gasteiger partial charge < -0.3 is 9.79 Å². The first-order valence-electron chi connectivity index (χ1n) is 9.09. The van der Waals surface area contributed by atoms with Crippen LogP contribution in [0.2, 0.25) is 0 Å². The fourth-order valence-corrected chi connectivity index (χ4v) is 4.57. The number of thioether (sulfide) groups is 1. The van der Waals surface area contributed by atoms with E-state index in [0.717, 1.165) is 36.7 Å². The van der Waals surface area contributed by atoms with Gasteiger partial charge in [0.05, 0.1) is 13.2 Å². The zero-order chi connectivity index (χ0) is 17.7. The van der Waals surface area contributed by atoms with Gasteiger partial charge in [-0.1, -0.05) is 63.0 Å². The highest BCUT2D eigenvalue weighted by atomic mass is 32.2. The molecule has 1 N–H and O–H groups in total. The minimum Gasteiger partial charge on any atom is -0.358 e. The molecule has 5 nitrogen and oxygen atoms in total. The predicted octanol–water partition coefficient (Wildman–Crippen LogP) is 4.98. The molecule has 1 rings (SSSR count). The molecule has 0 radical (unpaired) electrons. The zero-order valence-electron chi connectivity index (χ0n) is 14.8. The second-order valence-corrected chi connectivity index (χ2v) is 9.25. The number of phosphoric acid groups is 1. The summed E-state index contributed by atoms with van der Waals surface area (Å²) in [7, 11) is -3.92. The lowest BCUT2D eigenvalue weighted by molar-refractivity contribution is 0.154. The van der Waals surface area contributed by atoms with E-state index in [4.69, 9.17) is 21.3 Å². The van der Waals surface area contributed by atoms with E-state index < -0.39 is 7.82 Å². The van der Waals surface area contributed by atoms with Crippen molar-refractivity contribution < 1.29 is 18.5 Å². The van der Waals surface area contributed by atoms with Crippen molar-refractivity contribution >= 4 is 36.1 Å². The lowest BCUT2D eigenvalue weighted by Crippen LogP contribution is -2.33. The molecule has 1 heterocycles. The number of thiocarbonyl (C=S) groups is 1. The summed E-state index contributed by atoms with van der Waals surface area (Å²) in [5.41, 5.74) is 0. The van der Waals surface area contributed by atoms with Crippen molar-refractivity contribution in [2.24, 2.45) is 0 Å². The molecule has 0 aromatic rings. The zero-order valence-corrected chi connectivity index (χ0v) is 17.3. The van der Waals surface area contributed by atoms with Crippen molar-refractivity contribution in [2.75, 3.05) is 32.1 Å². The Kier molecular flexibility index (Phi) is 12.6. The molecule has 0 saturated carbocycles. The minimum atomic E-state index is -3.92. The maximum absolute atomic E-state index is 11.8. The average Bonchev–Trinajstić information content (AvgIpc) is 2.58. The van der Waals surface area contributed by atoms with Gasteiger partial charge in [-0.3, -0.25) is 9.05 Å². The molecule has 0 bridgehead atoms. The van der Waals surface area contributed by atoms with Crippen LogP contribution in [0.3, 0.4) is 0 Å². The Balaban J connectivity index is 2.01. The molecule has 1 aliphatic heterocycles. The van der Waals surface area contributed by atoms with Gasteiger partial charge in [0, 0.05) is 18.8 Å². The Labute approximate surface area is 156 Å². The van der Waals surface area contributed by atoms with Gasteiger partial charge in [-0.25, -0.2) is 4.57 Å². The molecule has 0 aliphatic carbocycles. The number of unbranched alkanes of at least 4 members (excludes halogenated alkanes) is 5. The van der Waals surface area contributed by atoms with Crippen LogP contribution in [0, 0.1) is 0 Å². The van der Waals surface area contributed by atoms with Crippen LogP contribution in [-0.4, -0.2) is 46.2 Å². The summed E-state index contributed by atoms with van der Waals surface area (Å²) < 4.78 is 22.6. The molecular weight excluding hydrogens is 365 g/mol. The molecule has 0 aromatic carbocycles. The standard InChI is InChI=1S/C16H32NO4PS2/c1-2-3-4-5-6-10-13-20-22(18,19)21-14-15-24-16(23)17-11-8-7-9-12-17/h2-15H2,1H3,(H,18,19). The van der Waals surface area contributed by atoms with Crippen LogP contribution in [-0.2, 0) is 13.6 Å². The maximum Gasteiger partial charge on any atom is 0.472 e. The predicted molar refractivity (Wildman–Crippen MR) is 106 cm³/mol. The summed E-state index contributed by atoms with van der Waals surface area (Å²) in [6, 6.07) is 0. The third-order valence-electron chi connectivity index (χ3n) is 3.93. The van der Waals surface area contributed by atoms with E-state index in [2.05, 4.69) is 11.8 Å². The maximum atomic E-state index is 11.8. The van der Waals surface area contributed by atoms with Gasteiger partial charge in [0.1, 0.15) is 4.32 Å². The van der Waals surface area contributed by atoms with E-state index >= 15 is 0 Å². The average molecular weight is 398 g/mol. The molecule has 0 amide bonds. The summed E-state index contributed by atoms with van der Waals surface area (Å²) in [6.07, 6.45) is 10.3. The number of hydrogen-bond acceptors (Lipinski definition) is 5. The Morgan fingerprint density at radius 2 is 1.71 bits per heavy atom. The van der Waals surface area contributed by atoms with Crippen LogP contribution in [0.4, 0.5) is 0 Å². The molecule has 0 spiro atoms. The molecule has 0 aromatic heterocycles. The van der Waals surface area contributed by atoms with E-state index in [9.17, 15) is 9.46 Å². The number of hydrogen-bond donors (Lipinski definition) is 1. The second-order valence-electron chi connectivity index (χ2n) is 6.06. The SMILES string of the molecule is CCCCCCCCOP(=O)(O)OCCSC(=S)N1CCCCC1. The summed E-state index contributed by atoms with van der Waals surface area (Å²) in [5, 5.41) is 0. The van der Waals surface area contributed by atoms with Gasteiger partial charge in [-0.2, -0.15) is 0 Å².